The van der Waals surface area contributed by atoms with E-state index in [1.54, 1.807) is 35.7 Å². The van der Waals surface area contributed by atoms with Gasteiger partial charge in [-0.05, 0) is 80.0 Å². The number of amides is 4. The largest absolute Gasteiger partial charge is 0.489 e. The van der Waals surface area contributed by atoms with E-state index < -0.39 is 23.6 Å². The average molecular weight is 1050 g/mol. The minimum atomic E-state index is -0.896. The highest BCUT2D eigenvalue weighted by atomic mass is 35.5. The normalized spacial score (nSPS) is 23.6. The number of anilines is 1. The molecule has 4 aromatic rings. The Morgan fingerprint density at radius 2 is 1.65 bits per heavy atom. The Labute approximate surface area is 445 Å². The third-order valence-electron chi connectivity index (χ3n) is 15.8. The molecule has 1 aliphatic carbocycles. The summed E-state index contributed by atoms with van der Waals surface area (Å²) in [6.07, 6.45) is 2.84. The van der Waals surface area contributed by atoms with Crippen molar-refractivity contribution in [2.24, 2.45) is 22.2 Å². The molecule has 5 heterocycles. The molecule has 4 N–H and O–H groups in total. The standard InChI is InChI=1S/C56H73ClN10O6S/c1-34(37-11-13-38(14-12-37)47-35(2)60-33-74-47)61-50(71)44-27-40(68)31-67(44)51(72)48(54(3,4)5)62-46(69)32-65-25-23-64(24-26-65)21-19-36-20-22-66(30-36)45-18-15-39(29-59-45)49(70)63-52-55(6,7)53(56(52,8)9)73-41-16-17-43(58-10)42(57)28-41/h11-18,28-29,33-34,36,40,44,48,52-53,68H,19-27,30-32H2,1-9H3,(H,61,71)(H,62,69)(H,63,70)/t34-,36?,40+,44-,48+,52?,53?/m0/s1. The number of pyridine rings is 1. The summed E-state index contributed by atoms with van der Waals surface area (Å²) in [5.74, 6) is 0.830. The lowest BCUT2D eigenvalue weighted by Crippen LogP contribution is -2.74. The maximum atomic E-state index is 14.3. The lowest BCUT2D eigenvalue weighted by molar-refractivity contribution is -0.164. The second-order valence-corrected chi connectivity index (χ2v) is 24.3. The average Bonchev–Trinajstić information content (AvgIpc) is 4.13. The zero-order chi connectivity index (χ0) is 53.3. The van der Waals surface area contributed by atoms with E-state index in [1.807, 2.05) is 76.5 Å². The molecule has 0 radical (unpaired) electrons. The Hall–Kier alpha value is -5.64. The molecule has 2 aromatic carbocycles. The molecule has 3 saturated heterocycles. The van der Waals surface area contributed by atoms with E-state index in [0.29, 0.717) is 27.9 Å². The summed E-state index contributed by atoms with van der Waals surface area (Å²) in [6, 6.07) is 14.6. The summed E-state index contributed by atoms with van der Waals surface area (Å²) in [4.78, 5) is 77.2. The molecule has 16 nitrogen and oxygen atoms in total. The van der Waals surface area contributed by atoms with Crippen LogP contribution in [-0.2, 0) is 14.4 Å². The van der Waals surface area contributed by atoms with Crippen molar-refractivity contribution >= 4 is 58.1 Å². The molecule has 2 aromatic heterocycles. The van der Waals surface area contributed by atoms with Gasteiger partial charge in [-0.3, -0.25) is 24.1 Å². The topological polar surface area (TPSA) is 177 Å². The van der Waals surface area contributed by atoms with Crippen LogP contribution >= 0.6 is 22.9 Å². The second-order valence-electron chi connectivity index (χ2n) is 23.1. The van der Waals surface area contributed by atoms with E-state index in [2.05, 4.69) is 68.2 Å². The number of aliphatic hydroxyl groups is 1. The number of carbonyl (C=O) groups excluding carboxylic acids is 4. The quantitative estimate of drug-likeness (QED) is 0.0817. The summed E-state index contributed by atoms with van der Waals surface area (Å²) >= 11 is 7.86. The number of nitrogens with zero attached hydrogens (tertiary/aromatic N) is 7. The molecule has 74 heavy (non-hydrogen) atoms. The first-order valence-corrected chi connectivity index (χ1v) is 27.2. The number of benzene rings is 2. The SMILES string of the molecule is [C-]#[N+]c1ccc(OC2C(C)(C)C(NC(=O)c3ccc(N4CCC(CCN5CCN(CC(=O)N[C@H](C(=O)N6C[C@H](O)C[C@H]6C(=O)N[C@@H](C)c6ccc(-c7scnc7C)cc6)C(C)(C)C)CC5)C4)nc3)C2(C)C)cc1Cl. The van der Waals surface area contributed by atoms with Crippen LogP contribution in [0.1, 0.15) is 102 Å². The zero-order valence-corrected chi connectivity index (χ0v) is 45.9. The molecule has 4 amide bonds. The van der Waals surface area contributed by atoms with Gasteiger partial charge in [0.1, 0.15) is 29.8 Å². The monoisotopic (exact) mass is 1050 g/mol. The van der Waals surface area contributed by atoms with Crippen LogP contribution in [0, 0.1) is 35.7 Å². The molecule has 4 fully saturated rings. The molecule has 8 rings (SSSR count). The predicted octanol–water partition coefficient (Wildman–Crippen LogP) is 7.53. The number of nitrogens with one attached hydrogen (secondary N) is 3. The van der Waals surface area contributed by atoms with Crippen LogP contribution in [0.5, 0.6) is 5.75 Å². The Morgan fingerprint density at radius 3 is 2.27 bits per heavy atom. The highest BCUT2D eigenvalue weighted by Crippen LogP contribution is 2.56. The van der Waals surface area contributed by atoms with E-state index in [1.165, 1.54) is 4.90 Å². The first-order valence-electron chi connectivity index (χ1n) is 25.9. The number of aromatic nitrogens is 2. The van der Waals surface area contributed by atoms with Gasteiger partial charge in [-0.1, -0.05) is 90.4 Å². The van der Waals surface area contributed by atoms with Crippen LogP contribution in [0.2, 0.25) is 5.02 Å². The maximum absolute atomic E-state index is 14.3. The minimum absolute atomic E-state index is 0.0143. The number of rotatable bonds is 16. The molecule has 1 unspecified atom stereocenters. The number of β-amino-alcohol motifs (C(OH)–C–C–N with tert-alkyl or cyclic N) is 1. The molecule has 18 heteroatoms. The Balaban J connectivity index is 0.756. The highest BCUT2D eigenvalue weighted by molar-refractivity contribution is 7.13. The Kier molecular flexibility index (Phi) is 16.5. The van der Waals surface area contributed by atoms with Crippen LogP contribution in [-0.4, -0.2) is 143 Å². The van der Waals surface area contributed by atoms with Gasteiger partial charge in [-0.15, -0.1) is 11.3 Å². The van der Waals surface area contributed by atoms with Crippen molar-refractivity contribution in [1.29, 1.82) is 0 Å². The van der Waals surface area contributed by atoms with E-state index in [4.69, 9.17) is 27.9 Å². The minimum Gasteiger partial charge on any atom is -0.489 e. The van der Waals surface area contributed by atoms with Gasteiger partial charge in [-0.25, -0.2) is 14.8 Å². The van der Waals surface area contributed by atoms with Crippen molar-refractivity contribution < 1.29 is 29.0 Å². The summed E-state index contributed by atoms with van der Waals surface area (Å²) in [5.41, 5.74) is 4.25. The van der Waals surface area contributed by atoms with Crippen molar-refractivity contribution in [3.8, 4) is 16.2 Å². The zero-order valence-electron chi connectivity index (χ0n) is 44.3. The van der Waals surface area contributed by atoms with Gasteiger partial charge in [0.05, 0.1) is 51.9 Å². The van der Waals surface area contributed by atoms with Gasteiger partial charge in [0.15, 0.2) is 0 Å². The van der Waals surface area contributed by atoms with Gasteiger partial charge < -0.3 is 40.5 Å². The number of hydrogen-bond donors (Lipinski definition) is 4. The van der Waals surface area contributed by atoms with E-state index >= 15 is 0 Å². The lowest BCUT2D eigenvalue weighted by Gasteiger charge is -2.63. The number of likely N-dealkylation sites (tertiary alicyclic amines) is 1. The molecule has 396 valence electrons. The van der Waals surface area contributed by atoms with E-state index in [0.717, 1.165) is 86.2 Å². The van der Waals surface area contributed by atoms with Gasteiger partial charge in [0, 0.05) is 75.3 Å². The maximum Gasteiger partial charge on any atom is 0.253 e. The van der Waals surface area contributed by atoms with Crippen molar-refractivity contribution in [2.45, 2.75) is 118 Å². The number of carbonyl (C=O) groups is 4. The Morgan fingerprint density at radius 1 is 0.946 bits per heavy atom. The fourth-order valence-corrected chi connectivity index (χ4v) is 12.8. The summed E-state index contributed by atoms with van der Waals surface area (Å²) in [6.45, 7) is 31.3. The number of halogens is 1. The molecule has 1 saturated carbocycles. The molecule has 0 spiro atoms. The van der Waals surface area contributed by atoms with Gasteiger partial charge in [0.25, 0.3) is 5.91 Å². The second kappa shape index (κ2) is 22.3. The summed E-state index contributed by atoms with van der Waals surface area (Å²) in [5, 5.41) is 20.4. The molecule has 4 aliphatic rings. The number of ether oxygens (including phenoxy) is 1. The smallest absolute Gasteiger partial charge is 0.253 e. The first-order chi connectivity index (χ1) is 35.0. The van der Waals surface area contributed by atoms with Crippen LogP contribution < -0.4 is 25.6 Å². The van der Waals surface area contributed by atoms with Gasteiger partial charge in [-0.2, -0.15) is 0 Å². The highest BCUT2D eigenvalue weighted by Gasteiger charge is 2.64. The third kappa shape index (κ3) is 12.1. The fraction of sp³-hybridized carbons (Fsp3) is 0.554. The van der Waals surface area contributed by atoms with Crippen molar-refractivity contribution in [3.05, 3.63) is 99.6 Å². The van der Waals surface area contributed by atoms with Crippen molar-refractivity contribution in [3.63, 3.8) is 0 Å². The van der Waals surface area contributed by atoms with Crippen molar-refractivity contribution in [1.82, 2.24) is 40.6 Å². The van der Waals surface area contributed by atoms with Gasteiger partial charge in [0.2, 0.25) is 23.4 Å². The number of aliphatic hydroxyl groups excluding tert-OH is 1. The number of thiazole rings is 1. The van der Waals surface area contributed by atoms with Crippen LogP contribution in [0.15, 0.2) is 66.3 Å². The summed E-state index contributed by atoms with van der Waals surface area (Å²) < 4.78 is 6.40. The Bertz CT molecular complexity index is 2700. The first kappa shape index (κ1) is 54.6. The molecular formula is C56H73ClN10O6S. The number of hydrogen-bond acceptors (Lipinski definition) is 12. The molecular weight excluding hydrogens is 976 g/mol. The van der Waals surface area contributed by atoms with E-state index in [9.17, 15) is 24.3 Å². The van der Waals surface area contributed by atoms with Crippen LogP contribution in [0.4, 0.5) is 11.5 Å². The fourth-order valence-electron chi connectivity index (χ4n) is 11.7. The third-order valence-corrected chi connectivity index (χ3v) is 17.1. The number of piperazine rings is 1. The molecule has 3 aliphatic heterocycles. The van der Waals surface area contributed by atoms with Crippen LogP contribution in [0.3, 0.4) is 0 Å². The van der Waals surface area contributed by atoms with Crippen molar-refractivity contribution in [2.75, 3.05) is 63.8 Å². The van der Waals surface area contributed by atoms with Crippen LogP contribution in [0.25, 0.3) is 15.3 Å². The molecule has 0 bridgehead atoms. The van der Waals surface area contributed by atoms with Gasteiger partial charge >= 0.3 is 0 Å². The predicted molar refractivity (Wildman–Crippen MR) is 289 cm³/mol. The van der Waals surface area contributed by atoms with E-state index in [-0.39, 0.29) is 72.2 Å². The molecule has 5 atom stereocenters. The summed E-state index contributed by atoms with van der Waals surface area (Å²) in [7, 11) is 0. The lowest BCUT2D eigenvalue weighted by atomic mass is 9.49. The number of aryl methyl sites for hydroxylation is 1.